The van der Waals surface area contributed by atoms with Crippen LogP contribution < -0.4 is 9.04 Å². The molecule has 3 rings (SSSR count). The normalized spacial score (nSPS) is 17.1. The zero-order valence-electron chi connectivity index (χ0n) is 13.1. The van der Waals surface area contributed by atoms with Gasteiger partial charge < -0.3 is 9.84 Å². The van der Waals surface area contributed by atoms with E-state index in [1.54, 1.807) is 25.1 Å². The molecule has 8 heteroatoms. The summed E-state index contributed by atoms with van der Waals surface area (Å²) < 4.78 is 32.9. The number of aromatic nitrogens is 1. The highest BCUT2D eigenvalue weighted by Gasteiger charge is 2.33. The van der Waals surface area contributed by atoms with Crippen LogP contribution in [0.4, 0.5) is 5.69 Å². The Labute approximate surface area is 139 Å². The Morgan fingerprint density at radius 1 is 1.33 bits per heavy atom. The van der Waals surface area contributed by atoms with Gasteiger partial charge in [-0.15, -0.1) is 0 Å². The number of hydrogen-bond donors (Lipinski definition) is 1. The lowest BCUT2D eigenvalue weighted by Gasteiger charge is -2.34. The van der Waals surface area contributed by atoms with Crippen LogP contribution in [0.1, 0.15) is 22.8 Å². The number of aromatic carboxylic acids is 1. The lowest BCUT2D eigenvalue weighted by molar-refractivity contribution is 0.0696. The number of carboxylic acid groups (broad SMARTS) is 1. The molecular formula is C16H16N2O5S. The quantitative estimate of drug-likeness (QED) is 0.912. The molecule has 24 heavy (non-hydrogen) atoms. The summed E-state index contributed by atoms with van der Waals surface area (Å²) in [5.41, 5.74) is 1.20. The summed E-state index contributed by atoms with van der Waals surface area (Å²) in [6.45, 7) is 3.80. The fraction of sp³-hybridized carbons (Fsp3) is 0.250. The molecule has 0 bridgehead atoms. The molecule has 1 aliphatic heterocycles. The van der Waals surface area contributed by atoms with Gasteiger partial charge in [0.2, 0.25) is 0 Å². The van der Waals surface area contributed by atoms with E-state index in [2.05, 4.69) is 4.98 Å². The minimum Gasteiger partial charge on any atom is -0.487 e. The second kappa shape index (κ2) is 5.79. The topological polar surface area (TPSA) is 96.8 Å². The summed E-state index contributed by atoms with van der Waals surface area (Å²) in [5.74, 6) is -0.745. The molecule has 0 saturated carbocycles. The van der Waals surface area contributed by atoms with Crippen molar-refractivity contribution in [3.63, 3.8) is 0 Å². The number of carboxylic acids is 1. The lowest BCUT2D eigenvalue weighted by Crippen LogP contribution is -2.42. The highest BCUT2D eigenvalue weighted by atomic mass is 32.2. The van der Waals surface area contributed by atoms with E-state index in [0.29, 0.717) is 11.4 Å². The van der Waals surface area contributed by atoms with Crippen LogP contribution in [0.15, 0.2) is 41.6 Å². The Kier molecular flexibility index (Phi) is 3.92. The van der Waals surface area contributed by atoms with Gasteiger partial charge in [0, 0.05) is 12.4 Å². The SMILES string of the molecule is Cc1ccc2c(c1)OC(C)CN2S(=O)(=O)c1cncc(C(=O)O)c1. The molecule has 1 aromatic heterocycles. The van der Waals surface area contributed by atoms with Crippen molar-refractivity contribution in [1.82, 2.24) is 4.98 Å². The molecule has 1 N–H and O–H groups in total. The van der Waals surface area contributed by atoms with Gasteiger partial charge in [0.15, 0.2) is 0 Å². The Morgan fingerprint density at radius 3 is 2.79 bits per heavy atom. The molecule has 0 fully saturated rings. The molecule has 126 valence electrons. The Hall–Kier alpha value is -2.61. The van der Waals surface area contributed by atoms with Crippen molar-refractivity contribution in [3.05, 3.63) is 47.8 Å². The summed E-state index contributed by atoms with van der Waals surface area (Å²) in [6.07, 6.45) is 1.93. The fourth-order valence-corrected chi connectivity index (χ4v) is 4.08. The number of anilines is 1. The number of ether oxygens (including phenoxy) is 1. The van der Waals surface area contributed by atoms with E-state index in [-0.39, 0.29) is 23.1 Å². The van der Waals surface area contributed by atoms with Gasteiger partial charge in [-0.05, 0) is 37.6 Å². The second-order valence-electron chi connectivity index (χ2n) is 5.65. The van der Waals surface area contributed by atoms with Crippen LogP contribution in [-0.2, 0) is 10.0 Å². The molecule has 0 saturated heterocycles. The van der Waals surface area contributed by atoms with Crippen molar-refractivity contribution in [2.24, 2.45) is 0 Å². The average molecular weight is 348 g/mol. The summed E-state index contributed by atoms with van der Waals surface area (Å²) in [5, 5.41) is 9.05. The average Bonchev–Trinajstić information content (AvgIpc) is 2.53. The van der Waals surface area contributed by atoms with Gasteiger partial charge >= 0.3 is 5.97 Å². The van der Waals surface area contributed by atoms with E-state index in [9.17, 15) is 13.2 Å². The zero-order chi connectivity index (χ0) is 17.5. The minimum atomic E-state index is -3.95. The third kappa shape index (κ3) is 2.80. The molecule has 1 unspecified atom stereocenters. The summed E-state index contributed by atoms with van der Waals surface area (Å²) in [7, 11) is -3.95. The Morgan fingerprint density at radius 2 is 2.08 bits per heavy atom. The Balaban J connectivity index is 2.11. The number of hydrogen-bond acceptors (Lipinski definition) is 5. The predicted octanol–water partition coefficient (Wildman–Crippen LogP) is 2.06. The smallest absolute Gasteiger partial charge is 0.337 e. The van der Waals surface area contributed by atoms with Crippen LogP contribution in [0, 0.1) is 6.92 Å². The third-order valence-electron chi connectivity index (χ3n) is 3.68. The van der Waals surface area contributed by atoms with E-state index in [4.69, 9.17) is 9.84 Å². The van der Waals surface area contributed by atoms with Gasteiger partial charge in [0.25, 0.3) is 10.0 Å². The number of carbonyl (C=O) groups is 1. The van der Waals surface area contributed by atoms with E-state index in [1.165, 1.54) is 4.31 Å². The summed E-state index contributed by atoms with van der Waals surface area (Å²) >= 11 is 0. The number of rotatable bonds is 3. The van der Waals surface area contributed by atoms with E-state index in [0.717, 1.165) is 24.0 Å². The highest BCUT2D eigenvalue weighted by molar-refractivity contribution is 7.92. The number of benzene rings is 1. The van der Waals surface area contributed by atoms with Crippen molar-refractivity contribution in [2.75, 3.05) is 10.8 Å². The molecule has 0 amide bonds. The molecule has 0 radical (unpaired) electrons. The van der Waals surface area contributed by atoms with Gasteiger partial charge in [0.1, 0.15) is 16.7 Å². The number of pyridine rings is 1. The van der Waals surface area contributed by atoms with E-state index >= 15 is 0 Å². The maximum absolute atomic E-state index is 13.0. The molecule has 7 nitrogen and oxygen atoms in total. The Bertz CT molecular complexity index is 910. The third-order valence-corrected chi connectivity index (χ3v) is 5.43. The zero-order valence-corrected chi connectivity index (χ0v) is 13.9. The first-order chi connectivity index (χ1) is 11.3. The van der Waals surface area contributed by atoms with Crippen LogP contribution >= 0.6 is 0 Å². The monoisotopic (exact) mass is 348 g/mol. The molecule has 1 atom stereocenters. The molecular weight excluding hydrogens is 332 g/mol. The summed E-state index contributed by atoms with van der Waals surface area (Å²) in [4.78, 5) is 14.7. The molecule has 0 spiro atoms. The fourth-order valence-electron chi connectivity index (χ4n) is 2.54. The number of aryl methyl sites for hydroxylation is 1. The van der Waals surface area contributed by atoms with Crippen LogP contribution in [0.2, 0.25) is 0 Å². The van der Waals surface area contributed by atoms with Crippen LogP contribution in [0.25, 0.3) is 0 Å². The predicted molar refractivity (Wildman–Crippen MR) is 87.0 cm³/mol. The maximum atomic E-state index is 13.0. The summed E-state index contributed by atoms with van der Waals surface area (Å²) in [6, 6.07) is 6.37. The van der Waals surface area contributed by atoms with E-state index in [1.807, 2.05) is 6.92 Å². The van der Waals surface area contributed by atoms with Gasteiger partial charge in [-0.2, -0.15) is 0 Å². The first-order valence-corrected chi connectivity index (χ1v) is 8.71. The van der Waals surface area contributed by atoms with Gasteiger partial charge in [-0.3, -0.25) is 9.29 Å². The largest absolute Gasteiger partial charge is 0.487 e. The molecule has 1 aliphatic rings. The highest BCUT2D eigenvalue weighted by Crippen LogP contribution is 2.37. The molecule has 1 aromatic carbocycles. The van der Waals surface area contributed by atoms with Crippen molar-refractivity contribution >= 4 is 21.7 Å². The van der Waals surface area contributed by atoms with Crippen molar-refractivity contribution < 1.29 is 23.1 Å². The number of nitrogens with zero attached hydrogens (tertiary/aromatic N) is 2. The number of fused-ring (bicyclic) bond motifs is 1. The van der Waals surface area contributed by atoms with E-state index < -0.39 is 16.0 Å². The first kappa shape index (κ1) is 16.3. The first-order valence-electron chi connectivity index (χ1n) is 7.27. The number of sulfonamides is 1. The lowest BCUT2D eigenvalue weighted by atomic mass is 10.2. The van der Waals surface area contributed by atoms with Crippen LogP contribution in [-0.4, -0.2) is 37.1 Å². The van der Waals surface area contributed by atoms with Crippen molar-refractivity contribution in [3.8, 4) is 5.75 Å². The maximum Gasteiger partial charge on any atom is 0.337 e. The van der Waals surface area contributed by atoms with Gasteiger partial charge in [0.05, 0.1) is 17.8 Å². The second-order valence-corrected chi connectivity index (χ2v) is 7.51. The molecule has 2 aromatic rings. The van der Waals surface area contributed by atoms with Crippen LogP contribution in [0.5, 0.6) is 5.75 Å². The molecule has 0 aliphatic carbocycles. The minimum absolute atomic E-state index is 0.135. The van der Waals surface area contributed by atoms with Crippen LogP contribution in [0.3, 0.4) is 0 Å². The van der Waals surface area contributed by atoms with Crippen molar-refractivity contribution in [1.29, 1.82) is 0 Å². The van der Waals surface area contributed by atoms with Gasteiger partial charge in [-0.25, -0.2) is 13.2 Å². The standard InChI is InChI=1S/C16H16N2O5S/c1-10-3-4-14-15(5-10)23-11(2)9-18(14)24(21,22)13-6-12(16(19)20)7-17-8-13/h3-8,11H,9H2,1-2H3,(H,19,20). The van der Waals surface area contributed by atoms with Crippen molar-refractivity contribution in [2.45, 2.75) is 24.8 Å². The van der Waals surface area contributed by atoms with Gasteiger partial charge in [-0.1, -0.05) is 6.07 Å². The molecule has 2 heterocycles.